The van der Waals surface area contributed by atoms with Crippen LogP contribution in [-0.2, 0) is 10.0 Å². The Labute approximate surface area is 155 Å². The third kappa shape index (κ3) is 3.91. The fourth-order valence-corrected chi connectivity index (χ4v) is 5.45. The van der Waals surface area contributed by atoms with E-state index in [1.807, 2.05) is 12.1 Å². The average molecular weight is 375 g/mol. The molecule has 1 saturated heterocycles. The molecule has 0 amide bonds. The molecule has 1 aromatic heterocycles. The van der Waals surface area contributed by atoms with Gasteiger partial charge < -0.3 is 5.32 Å². The number of fused-ring (bicyclic) bond motifs is 1. The third-order valence-electron chi connectivity index (χ3n) is 5.57. The minimum absolute atomic E-state index is 0.0313. The van der Waals surface area contributed by atoms with Crippen LogP contribution in [0, 0.1) is 0 Å². The van der Waals surface area contributed by atoms with Crippen LogP contribution in [0.2, 0.25) is 0 Å². The number of aromatic nitrogens is 1. The number of sulfonamides is 1. The zero-order chi connectivity index (χ0) is 18.0. The van der Waals surface area contributed by atoms with Gasteiger partial charge in [-0.05, 0) is 49.9 Å². The summed E-state index contributed by atoms with van der Waals surface area (Å²) in [5.74, 6) is 0. The van der Waals surface area contributed by atoms with E-state index in [1.54, 1.807) is 24.4 Å². The molecule has 0 bridgehead atoms. The molecule has 4 rings (SSSR count). The molecule has 0 atom stereocenters. The lowest BCUT2D eigenvalue weighted by Gasteiger charge is -2.39. The third-order valence-corrected chi connectivity index (χ3v) is 7.09. The maximum atomic E-state index is 12.8. The van der Waals surface area contributed by atoms with E-state index in [0.717, 1.165) is 62.8 Å². The van der Waals surface area contributed by atoms with Gasteiger partial charge in [-0.3, -0.25) is 9.88 Å². The van der Waals surface area contributed by atoms with Crippen molar-refractivity contribution in [2.75, 3.05) is 26.2 Å². The molecule has 1 saturated carbocycles. The van der Waals surface area contributed by atoms with Crippen LogP contribution in [0.3, 0.4) is 0 Å². The van der Waals surface area contributed by atoms with Crippen molar-refractivity contribution in [3.63, 3.8) is 0 Å². The molecule has 2 aromatic rings. The first-order valence-electron chi connectivity index (χ1n) is 9.44. The van der Waals surface area contributed by atoms with Gasteiger partial charge >= 0.3 is 0 Å². The fourth-order valence-electron chi connectivity index (χ4n) is 4.11. The first kappa shape index (κ1) is 17.9. The largest absolute Gasteiger partial charge is 0.314 e. The van der Waals surface area contributed by atoms with E-state index >= 15 is 0 Å². The van der Waals surface area contributed by atoms with Crippen LogP contribution < -0.4 is 10.0 Å². The minimum atomic E-state index is -3.50. The standard InChI is InChI=1S/C19H26N4O2S/c24-26(25,18-7-8-19-15(14-18)2-1-9-21-19)22-16-3-5-17(6-4-16)23-12-10-20-11-13-23/h1-2,7-9,14,16-17,20,22H,3-6,10-13H2. The van der Waals surface area contributed by atoms with E-state index in [-0.39, 0.29) is 6.04 Å². The number of rotatable bonds is 4. The summed E-state index contributed by atoms with van der Waals surface area (Å²) in [5.41, 5.74) is 0.808. The van der Waals surface area contributed by atoms with Gasteiger partial charge in [0.05, 0.1) is 10.4 Å². The summed E-state index contributed by atoms with van der Waals surface area (Å²) >= 11 is 0. The average Bonchev–Trinajstić information content (AvgIpc) is 2.68. The Bertz CT molecular complexity index is 857. The molecule has 1 aliphatic heterocycles. The van der Waals surface area contributed by atoms with Crippen molar-refractivity contribution in [3.05, 3.63) is 36.5 Å². The number of nitrogens with zero attached hydrogens (tertiary/aromatic N) is 2. The van der Waals surface area contributed by atoms with Gasteiger partial charge in [-0.15, -0.1) is 0 Å². The highest BCUT2D eigenvalue weighted by Crippen LogP contribution is 2.25. The predicted octanol–water partition coefficient (Wildman–Crippen LogP) is 1.73. The number of pyridine rings is 1. The topological polar surface area (TPSA) is 74.3 Å². The summed E-state index contributed by atoms with van der Waals surface area (Å²) in [6, 6.07) is 9.46. The molecule has 2 fully saturated rings. The number of nitrogens with one attached hydrogen (secondary N) is 2. The molecule has 7 heteroatoms. The quantitative estimate of drug-likeness (QED) is 0.853. The van der Waals surface area contributed by atoms with Crippen LogP contribution in [-0.4, -0.2) is 56.6 Å². The van der Waals surface area contributed by atoms with Gasteiger partial charge in [0.25, 0.3) is 0 Å². The highest BCUT2D eigenvalue weighted by Gasteiger charge is 2.29. The Hall–Kier alpha value is -1.54. The van der Waals surface area contributed by atoms with Crippen molar-refractivity contribution in [3.8, 4) is 0 Å². The zero-order valence-corrected chi connectivity index (χ0v) is 15.7. The van der Waals surface area contributed by atoms with E-state index in [2.05, 4.69) is 19.9 Å². The van der Waals surface area contributed by atoms with E-state index < -0.39 is 10.0 Å². The number of hydrogen-bond donors (Lipinski definition) is 2. The second-order valence-electron chi connectivity index (χ2n) is 7.27. The van der Waals surface area contributed by atoms with Crippen molar-refractivity contribution < 1.29 is 8.42 Å². The maximum Gasteiger partial charge on any atom is 0.240 e. The van der Waals surface area contributed by atoms with Gasteiger partial charge in [0.15, 0.2) is 0 Å². The van der Waals surface area contributed by atoms with E-state index in [9.17, 15) is 8.42 Å². The summed E-state index contributed by atoms with van der Waals surface area (Å²) in [7, 11) is -3.50. The molecular weight excluding hydrogens is 348 g/mol. The van der Waals surface area contributed by atoms with Crippen molar-refractivity contribution >= 4 is 20.9 Å². The van der Waals surface area contributed by atoms with Gasteiger partial charge in [-0.25, -0.2) is 13.1 Å². The number of hydrogen-bond acceptors (Lipinski definition) is 5. The van der Waals surface area contributed by atoms with Crippen molar-refractivity contribution in [2.45, 2.75) is 42.7 Å². The second-order valence-corrected chi connectivity index (χ2v) is 8.98. The van der Waals surface area contributed by atoms with Gasteiger partial charge in [-0.1, -0.05) is 6.07 Å². The molecule has 1 aromatic carbocycles. The predicted molar refractivity (Wildman–Crippen MR) is 103 cm³/mol. The minimum Gasteiger partial charge on any atom is -0.314 e. The molecule has 1 aliphatic carbocycles. The summed E-state index contributed by atoms with van der Waals surface area (Å²) in [4.78, 5) is 7.12. The Morgan fingerprint density at radius 3 is 2.62 bits per heavy atom. The van der Waals surface area contributed by atoms with Crippen molar-refractivity contribution in [1.82, 2.24) is 19.9 Å². The Morgan fingerprint density at radius 2 is 1.85 bits per heavy atom. The Balaban J connectivity index is 1.40. The van der Waals surface area contributed by atoms with Crippen LogP contribution in [0.25, 0.3) is 10.9 Å². The highest BCUT2D eigenvalue weighted by molar-refractivity contribution is 7.89. The molecule has 6 nitrogen and oxygen atoms in total. The Morgan fingerprint density at radius 1 is 1.08 bits per heavy atom. The molecule has 0 unspecified atom stereocenters. The van der Waals surface area contributed by atoms with Gasteiger partial charge in [0, 0.05) is 49.8 Å². The summed E-state index contributed by atoms with van der Waals surface area (Å²) in [6.45, 7) is 4.32. The second kappa shape index (κ2) is 7.60. The molecule has 0 spiro atoms. The number of benzene rings is 1. The van der Waals surface area contributed by atoms with Gasteiger partial charge in [-0.2, -0.15) is 0 Å². The smallest absolute Gasteiger partial charge is 0.240 e. The van der Waals surface area contributed by atoms with Crippen LogP contribution in [0.4, 0.5) is 0 Å². The lowest BCUT2D eigenvalue weighted by molar-refractivity contribution is 0.131. The normalized spacial score (nSPS) is 25.4. The molecule has 2 N–H and O–H groups in total. The van der Waals surface area contributed by atoms with Crippen LogP contribution in [0.5, 0.6) is 0 Å². The van der Waals surface area contributed by atoms with E-state index in [4.69, 9.17) is 0 Å². The fraction of sp³-hybridized carbons (Fsp3) is 0.526. The highest BCUT2D eigenvalue weighted by atomic mass is 32.2. The molecular formula is C19H26N4O2S. The first-order chi connectivity index (χ1) is 12.6. The number of piperazine rings is 1. The van der Waals surface area contributed by atoms with Crippen LogP contribution in [0.15, 0.2) is 41.4 Å². The van der Waals surface area contributed by atoms with Gasteiger partial charge in [0.1, 0.15) is 0 Å². The lowest BCUT2D eigenvalue weighted by Crippen LogP contribution is -2.50. The SMILES string of the molecule is O=S(=O)(NC1CCC(N2CCNCC2)CC1)c1ccc2ncccc2c1. The zero-order valence-electron chi connectivity index (χ0n) is 14.9. The van der Waals surface area contributed by atoms with E-state index in [0.29, 0.717) is 10.9 Å². The maximum absolute atomic E-state index is 12.8. The lowest BCUT2D eigenvalue weighted by atomic mass is 9.90. The van der Waals surface area contributed by atoms with E-state index in [1.165, 1.54) is 0 Å². The molecule has 26 heavy (non-hydrogen) atoms. The van der Waals surface area contributed by atoms with Crippen LogP contribution >= 0.6 is 0 Å². The summed E-state index contributed by atoms with van der Waals surface area (Å²) < 4.78 is 28.5. The summed E-state index contributed by atoms with van der Waals surface area (Å²) in [5, 5.41) is 4.23. The van der Waals surface area contributed by atoms with Crippen molar-refractivity contribution in [1.29, 1.82) is 0 Å². The first-order valence-corrected chi connectivity index (χ1v) is 10.9. The van der Waals surface area contributed by atoms with Crippen LogP contribution in [0.1, 0.15) is 25.7 Å². The molecule has 140 valence electrons. The molecule has 0 radical (unpaired) electrons. The Kier molecular flexibility index (Phi) is 5.22. The monoisotopic (exact) mass is 374 g/mol. The van der Waals surface area contributed by atoms with Crippen molar-refractivity contribution in [2.24, 2.45) is 0 Å². The molecule has 2 aliphatic rings. The van der Waals surface area contributed by atoms with Gasteiger partial charge in [0.2, 0.25) is 10.0 Å². The summed E-state index contributed by atoms with van der Waals surface area (Å²) in [6.07, 6.45) is 5.65. The molecule has 2 heterocycles.